The van der Waals surface area contributed by atoms with Crippen LogP contribution in [0.5, 0.6) is 0 Å². The van der Waals surface area contributed by atoms with Gasteiger partial charge < -0.3 is 10.5 Å². The molecule has 7 heteroatoms. The molecular weight excluding hydrogens is 266 g/mol. The van der Waals surface area contributed by atoms with Crippen molar-refractivity contribution in [2.75, 3.05) is 20.2 Å². The number of likely N-dealkylation sites (N-methyl/N-ethyl adjacent to an activating group) is 1. The Bertz CT molecular complexity index is 485. The van der Waals surface area contributed by atoms with E-state index in [1.807, 2.05) is 13.8 Å². The summed E-state index contributed by atoms with van der Waals surface area (Å²) in [6.45, 7) is 4.80. The van der Waals surface area contributed by atoms with Crippen LogP contribution in [0.1, 0.15) is 19.4 Å². The lowest BCUT2D eigenvalue weighted by Crippen LogP contribution is -2.31. The molecule has 0 aliphatic carbocycles. The van der Waals surface area contributed by atoms with Crippen molar-refractivity contribution in [1.29, 1.82) is 0 Å². The smallest absolute Gasteiger partial charge is 0.260 e. The average molecular weight is 287 g/mol. The van der Waals surface area contributed by atoms with Crippen LogP contribution in [0.2, 0.25) is 0 Å². The Kier molecular flexibility index (Phi) is 5.86. The van der Waals surface area contributed by atoms with E-state index in [1.54, 1.807) is 6.07 Å². The minimum atomic E-state index is -3.56. The van der Waals surface area contributed by atoms with E-state index in [0.717, 1.165) is 5.56 Å². The second kappa shape index (κ2) is 6.95. The van der Waals surface area contributed by atoms with Gasteiger partial charge in [0.25, 0.3) is 10.0 Å². The normalized spacial score (nSPS) is 12.3. The predicted octanol–water partition coefficient (Wildman–Crippen LogP) is 0.586. The molecule has 0 atom stereocenters. The summed E-state index contributed by atoms with van der Waals surface area (Å²) in [7, 11) is -2.05. The fourth-order valence-electron chi connectivity index (χ4n) is 1.38. The number of ether oxygens (including phenoxy) is 1. The van der Waals surface area contributed by atoms with Gasteiger partial charge in [-0.2, -0.15) is 4.31 Å². The Morgan fingerprint density at radius 3 is 2.58 bits per heavy atom. The molecule has 0 bridgehead atoms. The highest BCUT2D eigenvalue weighted by Crippen LogP contribution is 2.11. The molecule has 0 saturated heterocycles. The maximum Gasteiger partial charge on any atom is 0.260 e. The molecule has 1 rings (SSSR count). The van der Waals surface area contributed by atoms with Crippen molar-refractivity contribution in [3.8, 4) is 0 Å². The van der Waals surface area contributed by atoms with E-state index in [4.69, 9.17) is 10.5 Å². The number of hydrogen-bond acceptors (Lipinski definition) is 5. The standard InChI is InChI=1S/C12H21N3O3S/c1-10(2)18-7-6-15(3)19(16,17)12-5-4-11(8-13)9-14-12/h4-5,9-10H,6-8,13H2,1-3H3. The van der Waals surface area contributed by atoms with E-state index in [-0.39, 0.29) is 11.1 Å². The molecule has 0 unspecified atom stereocenters. The number of aromatic nitrogens is 1. The Morgan fingerprint density at radius 2 is 2.11 bits per heavy atom. The third kappa shape index (κ3) is 4.54. The van der Waals surface area contributed by atoms with Crippen LogP contribution in [0.25, 0.3) is 0 Å². The summed E-state index contributed by atoms with van der Waals surface area (Å²) in [4.78, 5) is 3.94. The number of nitrogens with zero attached hydrogens (tertiary/aromatic N) is 2. The van der Waals surface area contributed by atoms with Crippen molar-refractivity contribution >= 4 is 10.0 Å². The maximum atomic E-state index is 12.2. The van der Waals surface area contributed by atoms with E-state index < -0.39 is 10.0 Å². The van der Waals surface area contributed by atoms with Gasteiger partial charge in [0.1, 0.15) is 0 Å². The number of rotatable bonds is 7. The van der Waals surface area contributed by atoms with E-state index in [9.17, 15) is 8.42 Å². The largest absolute Gasteiger partial charge is 0.377 e. The molecule has 0 saturated carbocycles. The molecule has 0 aromatic carbocycles. The molecule has 0 aliphatic heterocycles. The summed E-state index contributed by atoms with van der Waals surface area (Å²) in [5, 5.41) is 0.0248. The molecule has 19 heavy (non-hydrogen) atoms. The lowest BCUT2D eigenvalue weighted by Gasteiger charge is -2.17. The monoisotopic (exact) mass is 287 g/mol. The van der Waals surface area contributed by atoms with Crippen molar-refractivity contribution in [3.05, 3.63) is 23.9 Å². The number of hydrogen-bond donors (Lipinski definition) is 1. The van der Waals surface area contributed by atoms with E-state index >= 15 is 0 Å². The SMILES string of the molecule is CC(C)OCCN(C)S(=O)(=O)c1ccc(CN)cn1. The van der Waals surface area contributed by atoms with Gasteiger partial charge in [0.15, 0.2) is 5.03 Å². The molecule has 0 aliphatic rings. The Balaban J connectivity index is 2.72. The molecule has 1 aromatic heterocycles. The second-order valence-electron chi connectivity index (χ2n) is 4.45. The minimum absolute atomic E-state index is 0.0248. The molecule has 108 valence electrons. The minimum Gasteiger partial charge on any atom is -0.377 e. The van der Waals surface area contributed by atoms with E-state index in [2.05, 4.69) is 4.98 Å². The Hall–Kier alpha value is -1.02. The molecule has 2 N–H and O–H groups in total. The summed E-state index contributed by atoms with van der Waals surface area (Å²) in [5.74, 6) is 0. The molecule has 0 radical (unpaired) electrons. The first-order chi connectivity index (χ1) is 8.87. The van der Waals surface area contributed by atoms with E-state index in [1.165, 1.54) is 23.6 Å². The highest BCUT2D eigenvalue weighted by molar-refractivity contribution is 7.89. The van der Waals surface area contributed by atoms with Gasteiger partial charge >= 0.3 is 0 Å². The van der Waals surface area contributed by atoms with Crippen LogP contribution >= 0.6 is 0 Å². The zero-order chi connectivity index (χ0) is 14.5. The lowest BCUT2D eigenvalue weighted by molar-refractivity contribution is 0.0737. The third-order valence-corrected chi connectivity index (χ3v) is 4.34. The molecular formula is C12H21N3O3S. The van der Waals surface area contributed by atoms with Crippen molar-refractivity contribution < 1.29 is 13.2 Å². The van der Waals surface area contributed by atoms with Crippen LogP contribution < -0.4 is 5.73 Å². The quantitative estimate of drug-likeness (QED) is 0.793. The van der Waals surface area contributed by atoms with Gasteiger partial charge in [-0.3, -0.25) is 0 Å². The van der Waals surface area contributed by atoms with Gasteiger partial charge in [0.05, 0.1) is 12.7 Å². The van der Waals surface area contributed by atoms with Crippen LogP contribution in [-0.4, -0.2) is 44.0 Å². The van der Waals surface area contributed by atoms with Crippen molar-refractivity contribution in [2.45, 2.75) is 31.5 Å². The van der Waals surface area contributed by atoms with Gasteiger partial charge in [-0.05, 0) is 25.5 Å². The maximum absolute atomic E-state index is 12.2. The topological polar surface area (TPSA) is 85.5 Å². The molecule has 1 aromatic rings. The third-order valence-electron chi connectivity index (χ3n) is 2.57. The first-order valence-electron chi connectivity index (χ1n) is 6.11. The highest BCUT2D eigenvalue weighted by atomic mass is 32.2. The summed E-state index contributed by atoms with van der Waals surface area (Å²) in [6, 6.07) is 3.13. The summed E-state index contributed by atoms with van der Waals surface area (Å²) >= 11 is 0. The Labute approximate surface area is 114 Å². The van der Waals surface area contributed by atoms with Crippen LogP contribution in [0.15, 0.2) is 23.4 Å². The zero-order valence-electron chi connectivity index (χ0n) is 11.5. The lowest BCUT2D eigenvalue weighted by atomic mass is 10.3. The second-order valence-corrected chi connectivity index (χ2v) is 6.45. The molecule has 6 nitrogen and oxygen atoms in total. The van der Waals surface area contributed by atoms with Crippen LogP contribution in [0.4, 0.5) is 0 Å². The molecule has 0 spiro atoms. The fraction of sp³-hybridized carbons (Fsp3) is 0.583. The van der Waals surface area contributed by atoms with Crippen LogP contribution in [-0.2, 0) is 21.3 Å². The van der Waals surface area contributed by atoms with Crippen molar-refractivity contribution in [3.63, 3.8) is 0 Å². The molecule has 0 amide bonds. The predicted molar refractivity (Wildman–Crippen MR) is 73.0 cm³/mol. The van der Waals surface area contributed by atoms with Crippen LogP contribution in [0, 0.1) is 0 Å². The Morgan fingerprint density at radius 1 is 1.42 bits per heavy atom. The summed E-state index contributed by atoms with van der Waals surface area (Å²) in [6.07, 6.45) is 1.56. The first kappa shape index (κ1) is 16.0. The highest BCUT2D eigenvalue weighted by Gasteiger charge is 2.21. The zero-order valence-corrected chi connectivity index (χ0v) is 12.4. The van der Waals surface area contributed by atoms with E-state index in [0.29, 0.717) is 19.7 Å². The number of sulfonamides is 1. The van der Waals surface area contributed by atoms with Gasteiger partial charge in [-0.1, -0.05) is 6.07 Å². The van der Waals surface area contributed by atoms with Gasteiger partial charge in [0, 0.05) is 26.3 Å². The van der Waals surface area contributed by atoms with Crippen molar-refractivity contribution in [2.24, 2.45) is 5.73 Å². The fourth-order valence-corrected chi connectivity index (χ4v) is 2.44. The number of nitrogens with two attached hydrogens (primary N) is 1. The molecule has 0 fully saturated rings. The first-order valence-corrected chi connectivity index (χ1v) is 7.55. The van der Waals surface area contributed by atoms with Gasteiger partial charge in [-0.25, -0.2) is 13.4 Å². The van der Waals surface area contributed by atoms with Gasteiger partial charge in [0.2, 0.25) is 0 Å². The van der Waals surface area contributed by atoms with Crippen LogP contribution in [0.3, 0.4) is 0 Å². The van der Waals surface area contributed by atoms with Crippen molar-refractivity contribution in [1.82, 2.24) is 9.29 Å². The molecule has 1 heterocycles. The summed E-state index contributed by atoms with van der Waals surface area (Å²) in [5.41, 5.74) is 6.24. The average Bonchev–Trinajstić information content (AvgIpc) is 2.38. The van der Waals surface area contributed by atoms with Gasteiger partial charge in [-0.15, -0.1) is 0 Å². The number of pyridine rings is 1. The summed E-state index contributed by atoms with van der Waals surface area (Å²) < 4.78 is 30.9.